The third-order valence-electron chi connectivity index (χ3n) is 3.58. The molecule has 1 atom stereocenters. The van der Waals surface area contributed by atoms with Gasteiger partial charge in [0.2, 0.25) is 0 Å². The first kappa shape index (κ1) is 19.7. The number of alkyl halides is 1. The first-order valence-corrected chi connectivity index (χ1v) is 8.86. The number of amides is 1. The summed E-state index contributed by atoms with van der Waals surface area (Å²) in [6.45, 7) is 3.54. The van der Waals surface area contributed by atoms with Crippen molar-refractivity contribution in [2.45, 2.75) is 23.5 Å². The van der Waals surface area contributed by atoms with Crippen molar-refractivity contribution in [1.29, 1.82) is 5.26 Å². The highest BCUT2D eigenvalue weighted by Gasteiger charge is 2.32. The van der Waals surface area contributed by atoms with Crippen LogP contribution in [0.3, 0.4) is 0 Å². The summed E-state index contributed by atoms with van der Waals surface area (Å²) in [5, 5.41) is 23.2. The second-order valence-corrected chi connectivity index (χ2v) is 7.13. The third kappa shape index (κ3) is 4.49. The molecular formula is C18H16IN3O4. The number of nitrogens with zero attached hydrogens (tertiary/aromatic N) is 2. The van der Waals surface area contributed by atoms with Crippen LogP contribution in [0.4, 0.5) is 5.69 Å². The largest absolute Gasteiger partial charge is 0.476 e. The number of carbonyl (C=O) groups is 1. The van der Waals surface area contributed by atoms with E-state index < -0.39 is 14.6 Å². The topological polar surface area (TPSA) is 105 Å². The van der Waals surface area contributed by atoms with Crippen LogP contribution >= 0.6 is 22.6 Å². The van der Waals surface area contributed by atoms with E-state index >= 15 is 0 Å². The van der Waals surface area contributed by atoms with Crippen molar-refractivity contribution in [3.8, 4) is 11.8 Å². The van der Waals surface area contributed by atoms with Gasteiger partial charge in [-0.25, -0.2) is 0 Å². The van der Waals surface area contributed by atoms with E-state index in [4.69, 9.17) is 4.74 Å². The van der Waals surface area contributed by atoms with Crippen LogP contribution in [0.25, 0.3) is 0 Å². The van der Waals surface area contributed by atoms with Gasteiger partial charge in [-0.15, -0.1) is 0 Å². The second-order valence-electron chi connectivity index (χ2n) is 5.99. The summed E-state index contributed by atoms with van der Waals surface area (Å²) in [5.41, 5.74) is -0.758. The summed E-state index contributed by atoms with van der Waals surface area (Å²) in [6, 6.07) is 14.7. The molecule has 0 aliphatic carbocycles. The molecule has 0 heterocycles. The fourth-order valence-corrected chi connectivity index (χ4v) is 2.58. The highest BCUT2D eigenvalue weighted by atomic mass is 127. The van der Waals surface area contributed by atoms with Gasteiger partial charge in [0, 0.05) is 11.6 Å². The maximum absolute atomic E-state index is 12.4. The lowest BCUT2D eigenvalue weighted by Gasteiger charge is -2.32. The zero-order valence-electron chi connectivity index (χ0n) is 14.1. The van der Waals surface area contributed by atoms with E-state index in [9.17, 15) is 20.2 Å². The van der Waals surface area contributed by atoms with Crippen LogP contribution in [0.15, 0.2) is 48.5 Å². The van der Waals surface area contributed by atoms with Gasteiger partial charge in [0.15, 0.2) is 9.67 Å². The Morgan fingerprint density at radius 2 is 1.92 bits per heavy atom. The smallest absolute Gasteiger partial charge is 0.290 e. The van der Waals surface area contributed by atoms with Crippen LogP contribution in [0.2, 0.25) is 0 Å². The average Bonchev–Trinajstić information content (AvgIpc) is 2.61. The van der Waals surface area contributed by atoms with Gasteiger partial charge in [-0.05, 0) is 54.6 Å². The molecule has 0 saturated carbocycles. The molecule has 2 aromatic rings. The summed E-state index contributed by atoms with van der Waals surface area (Å²) < 4.78 is 5.19. The van der Waals surface area contributed by atoms with Crippen molar-refractivity contribution >= 4 is 34.2 Å². The minimum atomic E-state index is -0.801. The minimum Gasteiger partial charge on any atom is -0.476 e. The first-order valence-electron chi connectivity index (χ1n) is 7.62. The number of hydrogen-bond donors (Lipinski definition) is 1. The Morgan fingerprint density at radius 3 is 2.50 bits per heavy atom. The fourth-order valence-electron chi connectivity index (χ4n) is 2.15. The molecule has 8 heteroatoms. The van der Waals surface area contributed by atoms with Crippen LogP contribution in [-0.2, 0) is 0 Å². The predicted octanol–water partition coefficient (Wildman–Crippen LogP) is 3.81. The van der Waals surface area contributed by atoms with E-state index in [1.54, 1.807) is 38.1 Å². The lowest BCUT2D eigenvalue weighted by molar-refractivity contribution is -0.385. The van der Waals surface area contributed by atoms with Crippen LogP contribution in [0, 0.1) is 21.4 Å². The number of benzene rings is 2. The van der Waals surface area contributed by atoms with Gasteiger partial charge in [0.1, 0.15) is 11.8 Å². The number of carbonyl (C=O) groups excluding carboxylic acids is 1. The maximum Gasteiger partial charge on any atom is 0.290 e. The van der Waals surface area contributed by atoms with Crippen molar-refractivity contribution < 1.29 is 14.5 Å². The number of nitriles is 1. The lowest BCUT2D eigenvalue weighted by atomic mass is 10.1. The van der Waals surface area contributed by atoms with Crippen molar-refractivity contribution in [3.63, 3.8) is 0 Å². The summed E-state index contributed by atoms with van der Waals surface area (Å²) in [5.74, 6) is -0.163. The second kappa shape index (κ2) is 8.14. The highest BCUT2D eigenvalue weighted by Crippen LogP contribution is 2.31. The summed E-state index contributed by atoms with van der Waals surface area (Å²) in [7, 11) is 0. The molecule has 0 radical (unpaired) electrons. The molecular weight excluding hydrogens is 449 g/mol. The Bertz CT molecular complexity index is 862. The standard InChI is InChI=1S/C18H16IN3O4/c1-18(2,21-16(23)12-7-4-3-5-8-12)17(19)26-15-10-6-9-14(22(24)25)13(15)11-20/h3-10,17H,1-2H3,(H,21,23). The van der Waals surface area contributed by atoms with Crippen molar-refractivity contribution in [2.24, 2.45) is 0 Å². The van der Waals surface area contributed by atoms with Gasteiger partial charge < -0.3 is 10.1 Å². The van der Waals surface area contributed by atoms with Crippen molar-refractivity contribution in [3.05, 3.63) is 69.8 Å². The molecule has 0 aliphatic rings. The van der Waals surface area contributed by atoms with Crippen molar-refractivity contribution in [2.75, 3.05) is 0 Å². The fraction of sp³-hybridized carbons (Fsp3) is 0.222. The number of rotatable bonds is 6. The Hall–Kier alpha value is -2.67. The molecule has 26 heavy (non-hydrogen) atoms. The number of halogens is 1. The molecule has 7 nitrogen and oxygen atoms in total. The molecule has 1 amide bonds. The highest BCUT2D eigenvalue weighted by molar-refractivity contribution is 14.1. The molecule has 2 aromatic carbocycles. The summed E-state index contributed by atoms with van der Waals surface area (Å²) in [4.78, 5) is 22.8. The molecule has 1 N–H and O–H groups in total. The first-order chi connectivity index (χ1) is 12.3. The Labute approximate surface area is 164 Å². The zero-order chi connectivity index (χ0) is 19.3. The Kier molecular flexibility index (Phi) is 6.15. The Morgan fingerprint density at radius 1 is 1.27 bits per heavy atom. The molecule has 2 rings (SSSR count). The minimum absolute atomic E-state index is 0.100. The van der Waals surface area contributed by atoms with Gasteiger partial charge in [0.25, 0.3) is 11.6 Å². The van der Waals surface area contributed by atoms with E-state index in [1.165, 1.54) is 18.2 Å². The third-order valence-corrected chi connectivity index (χ3v) is 5.39. The molecule has 0 aromatic heterocycles. The van der Waals surface area contributed by atoms with Crippen LogP contribution in [-0.4, -0.2) is 20.5 Å². The van der Waals surface area contributed by atoms with E-state index in [-0.39, 0.29) is 22.9 Å². The quantitative estimate of drug-likeness (QED) is 0.302. The van der Waals surface area contributed by atoms with E-state index in [0.29, 0.717) is 5.56 Å². The zero-order valence-corrected chi connectivity index (χ0v) is 16.3. The van der Waals surface area contributed by atoms with Gasteiger partial charge >= 0.3 is 0 Å². The Balaban J connectivity index is 2.20. The molecule has 0 fully saturated rings. The van der Waals surface area contributed by atoms with Crippen LogP contribution in [0.1, 0.15) is 29.8 Å². The van der Waals surface area contributed by atoms with Crippen LogP contribution in [0.5, 0.6) is 5.75 Å². The molecule has 134 valence electrons. The number of nitro benzene ring substituents is 1. The predicted molar refractivity (Wildman–Crippen MR) is 104 cm³/mol. The van der Waals surface area contributed by atoms with Gasteiger partial charge in [0.05, 0.1) is 10.5 Å². The number of nitro groups is 1. The van der Waals surface area contributed by atoms with Crippen LogP contribution < -0.4 is 10.1 Å². The van der Waals surface area contributed by atoms with Gasteiger partial charge in [-0.3, -0.25) is 14.9 Å². The lowest BCUT2D eigenvalue weighted by Crippen LogP contribution is -2.51. The molecule has 0 spiro atoms. The summed E-state index contributed by atoms with van der Waals surface area (Å²) in [6.07, 6.45) is 0. The van der Waals surface area contributed by atoms with E-state index in [1.807, 2.05) is 34.7 Å². The number of hydrogen-bond acceptors (Lipinski definition) is 5. The van der Waals surface area contributed by atoms with Crippen molar-refractivity contribution in [1.82, 2.24) is 5.32 Å². The molecule has 1 unspecified atom stereocenters. The maximum atomic E-state index is 12.4. The molecule has 0 bridgehead atoms. The summed E-state index contributed by atoms with van der Waals surface area (Å²) >= 11 is 1.99. The van der Waals surface area contributed by atoms with Gasteiger partial charge in [-0.1, -0.05) is 24.3 Å². The normalized spacial score (nSPS) is 11.9. The average molecular weight is 465 g/mol. The SMILES string of the molecule is CC(C)(NC(=O)c1ccccc1)C(I)Oc1cccc([N+](=O)[O-])c1C#N. The van der Waals surface area contributed by atoms with Gasteiger partial charge in [-0.2, -0.15) is 5.26 Å². The number of ether oxygens (including phenoxy) is 1. The van der Waals surface area contributed by atoms with E-state index in [2.05, 4.69) is 5.32 Å². The number of nitrogens with one attached hydrogen (secondary N) is 1. The molecule has 0 saturated heterocycles. The van der Waals surface area contributed by atoms with E-state index in [0.717, 1.165) is 0 Å². The monoisotopic (exact) mass is 465 g/mol. The molecule has 0 aliphatic heterocycles.